The molecule has 1 amide bonds. The van der Waals surface area contributed by atoms with Gasteiger partial charge in [0.2, 0.25) is 15.9 Å². The highest BCUT2D eigenvalue weighted by Gasteiger charge is 2.27. The number of aryl methyl sites for hydroxylation is 2. The molecule has 3 aromatic carbocycles. The van der Waals surface area contributed by atoms with Gasteiger partial charge in [0.25, 0.3) is 0 Å². The first kappa shape index (κ1) is 23.3. The first-order chi connectivity index (χ1) is 14.7. The van der Waals surface area contributed by atoms with E-state index in [-0.39, 0.29) is 18.0 Å². The van der Waals surface area contributed by atoms with Crippen LogP contribution >= 0.6 is 23.2 Å². The molecule has 0 radical (unpaired) electrons. The van der Waals surface area contributed by atoms with Crippen molar-refractivity contribution in [3.8, 4) is 0 Å². The number of halogens is 2. The van der Waals surface area contributed by atoms with E-state index in [1.54, 1.807) is 18.2 Å². The van der Waals surface area contributed by atoms with Crippen molar-refractivity contribution in [1.29, 1.82) is 0 Å². The van der Waals surface area contributed by atoms with Crippen LogP contribution in [0, 0.1) is 13.8 Å². The predicted molar refractivity (Wildman–Crippen MR) is 125 cm³/mol. The number of benzene rings is 3. The van der Waals surface area contributed by atoms with Crippen molar-refractivity contribution in [3.63, 3.8) is 0 Å². The van der Waals surface area contributed by atoms with Crippen LogP contribution < -0.4 is 5.32 Å². The number of nitrogens with one attached hydrogen (secondary N) is 1. The van der Waals surface area contributed by atoms with E-state index in [1.165, 1.54) is 28.6 Å². The van der Waals surface area contributed by atoms with Gasteiger partial charge in [-0.15, -0.1) is 0 Å². The smallest absolute Gasteiger partial charge is 0.243 e. The number of nitrogens with zero attached hydrogens (tertiary/aromatic N) is 1. The lowest BCUT2D eigenvalue weighted by Crippen LogP contribution is -2.37. The van der Waals surface area contributed by atoms with Crippen LogP contribution in [-0.4, -0.2) is 25.2 Å². The summed E-state index contributed by atoms with van der Waals surface area (Å²) in [6.45, 7) is 3.43. The molecule has 3 rings (SSSR count). The normalized spacial score (nSPS) is 11.5. The number of rotatable bonds is 7. The molecule has 0 saturated heterocycles. The number of hydrogen-bond donors (Lipinski definition) is 1. The standard InChI is InChI=1S/C23H22Cl2N2O3S/c1-16-5-3-4-6-18(16)14-27(31(29,30)21-10-7-19(24)8-11-21)15-23(28)26-22-12-9-20(25)13-17(22)2/h3-13H,14-15H2,1-2H3,(H,26,28). The van der Waals surface area contributed by atoms with Gasteiger partial charge in [-0.3, -0.25) is 4.79 Å². The van der Waals surface area contributed by atoms with Crippen LogP contribution in [-0.2, 0) is 21.4 Å². The third-order valence-electron chi connectivity index (χ3n) is 4.84. The minimum absolute atomic E-state index is 0.0602. The predicted octanol–water partition coefficient (Wildman–Crippen LogP) is 5.44. The highest BCUT2D eigenvalue weighted by molar-refractivity contribution is 7.89. The molecule has 0 aliphatic carbocycles. The Bertz CT molecular complexity index is 1200. The van der Waals surface area contributed by atoms with E-state index in [0.717, 1.165) is 16.7 Å². The van der Waals surface area contributed by atoms with Crippen molar-refractivity contribution in [1.82, 2.24) is 4.31 Å². The van der Waals surface area contributed by atoms with Gasteiger partial charge in [-0.2, -0.15) is 4.31 Å². The molecule has 0 unspecified atom stereocenters. The summed E-state index contributed by atoms with van der Waals surface area (Å²) >= 11 is 11.9. The van der Waals surface area contributed by atoms with Crippen LogP contribution in [0.2, 0.25) is 10.0 Å². The lowest BCUT2D eigenvalue weighted by molar-refractivity contribution is -0.116. The van der Waals surface area contributed by atoms with Crippen molar-refractivity contribution >= 4 is 44.8 Å². The maximum absolute atomic E-state index is 13.3. The maximum Gasteiger partial charge on any atom is 0.243 e. The molecule has 0 saturated carbocycles. The average Bonchev–Trinajstić information content (AvgIpc) is 2.71. The molecule has 162 valence electrons. The van der Waals surface area contributed by atoms with Gasteiger partial charge in [-0.25, -0.2) is 8.42 Å². The van der Waals surface area contributed by atoms with E-state index >= 15 is 0 Å². The molecule has 0 aromatic heterocycles. The van der Waals surface area contributed by atoms with Gasteiger partial charge in [-0.05, 0) is 73.0 Å². The van der Waals surface area contributed by atoms with E-state index in [9.17, 15) is 13.2 Å². The first-order valence-electron chi connectivity index (χ1n) is 9.53. The van der Waals surface area contributed by atoms with E-state index in [1.807, 2.05) is 38.1 Å². The van der Waals surface area contributed by atoms with Crippen molar-refractivity contribution in [2.24, 2.45) is 0 Å². The second-order valence-electron chi connectivity index (χ2n) is 7.16. The SMILES string of the molecule is Cc1ccccc1CN(CC(=O)Nc1ccc(Cl)cc1C)S(=O)(=O)c1ccc(Cl)cc1. The van der Waals surface area contributed by atoms with Crippen LogP contribution in [0.25, 0.3) is 0 Å². The zero-order valence-corrected chi connectivity index (χ0v) is 19.4. The quantitative estimate of drug-likeness (QED) is 0.493. The van der Waals surface area contributed by atoms with Gasteiger partial charge >= 0.3 is 0 Å². The molecule has 3 aromatic rings. The van der Waals surface area contributed by atoms with E-state index < -0.39 is 15.9 Å². The molecule has 5 nitrogen and oxygen atoms in total. The molecular formula is C23H22Cl2N2O3S. The summed E-state index contributed by atoms with van der Waals surface area (Å²) < 4.78 is 27.9. The zero-order valence-electron chi connectivity index (χ0n) is 17.1. The highest BCUT2D eigenvalue weighted by Crippen LogP contribution is 2.23. The van der Waals surface area contributed by atoms with Crippen LogP contribution in [0.15, 0.2) is 71.6 Å². The minimum Gasteiger partial charge on any atom is -0.325 e. The molecule has 0 atom stereocenters. The first-order valence-corrected chi connectivity index (χ1v) is 11.7. The zero-order chi connectivity index (χ0) is 22.6. The van der Waals surface area contributed by atoms with E-state index in [4.69, 9.17) is 23.2 Å². The second kappa shape index (κ2) is 9.83. The summed E-state index contributed by atoms with van der Waals surface area (Å²) in [5, 5.41) is 3.76. The number of amides is 1. The third kappa shape index (κ3) is 5.86. The fourth-order valence-corrected chi connectivity index (χ4v) is 4.80. The van der Waals surface area contributed by atoms with E-state index in [0.29, 0.717) is 15.7 Å². The highest BCUT2D eigenvalue weighted by atomic mass is 35.5. The summed E-state index contributed by atoms with van der Waals surface area (Å²) in [7, 11) is -3.94. The molecule has 8 heteroatoms. The van der Waals surface area contributed by atoms with Gasteiger partial charge in [0.1, 0.15) is 0 Å². The van der Waals surface area contributed by atoms with Crippen molar-refractivity contribution in [2.75, 3.05) is 11.9 Å². The molecule has 0 aliphatic rings. The number of carbonyl (C=O) groups excluding carboxylic acids is 1. The summed E-state index contributed by atoms with van der Waals surface area (Å²) in [6.07, 6.45) is 0. The fourth-order valence-electron chi connectivity index (χ4n) is 3.08. The Morgan fingerprint density at radius 1 is 0.903 bits per heavy atom. The summed E-state index contributed by atoms with van der Waals surface area (Å²) in [5.41, 5.74) is 3.12. The van der Waals surface area contributed by atoms with Crippen molar-refractivity contribution in [3.05, 3.63) is 93.5 Å². The lowest BCUT2D eigenvalue weighted by atomic mass is 10.1. The van der Waals surface area contributed by atoms with Gasteiger partial charge in [0.15, 0.2) is 0 Å². The minimum atomic E-state index is -3.94. The maximum atomic E-state index is 13.3. The summed E-state index contributed by atoms with van der Waals surface area (Å²) in [5.74, 6) is -0.448. The Labute approximate surface area is 192 Å². The van der Waals surface area contributed by atoms with Gasteiger partial charge in [0, 0.05) is 22.3 Å². The molecule has 0 bridgehead atoms. The Hall–Kier alpha value is -2.38. The number of hydrogen-bond acceptors (Lipinski definition) is 3. The van der Waals surface area contributed by atoms with Crippen molar-refractivity contribution in [2.45, 2.75) is 25.3 Å². The third-order valence-corrected chi connectivity index (χ3v) is 7.13. The topological polar surface area (TPSA) is 66.5 Å². The number of anilines is 1. The summed E-state index contributed by atoms with van der Waals surface area (Å²) in [6, 6.07) is 18.4. The molecule has 0 heterocycles. The Balaban J connectivity index is 1.90. The molecule has 31 heavy (non-hydrogen) atoms. The molecular weight excluding hydrogens is 455 g/mol. The average molecular weight is 477 g/mol. The lowest BCUT2D eigenvalue weighted by Gasteiger charge is -2.23. The van der Waals surface area contributed by atoms with E-state index in [2.05, 4.69) is 5.32 Å². The Morgan fingerprint density at radius 2 is 1.55 bits per heavy atom. The number of sulfonamides is 1. The largest absolute Gasteiger partial charge is 0.325 e. The second-order valence-corrected chi connectivity index (χ2v) is 9.97. The van der Waals surface area contributed by atoms with Crippen LogP contribution in [0.1, 0.15) is 16.7 Å². The van der Waals surface area contributed by atoms with Crippen LogP contribution in [0.4, 0.5) is 5.69 Å². The Kier molecular flexibility index (Phi) is 7.38. The number of carbonyl (C=O) groups is 1. The van der Waals surface area contributed by atoms with Crippen LogP contribution in [0.5, 0.6) is 0 Å². The van der Waals surface area contributed by atoms with Gasteiger partial charge in [-0.1, -0.05) is 47.5 Å². The van der Waals surface area contributed by atoms with Crippen molar-refractivity contribution < 1.29 is 13.2 Å². The van der Waals surface area contributed by atoms with Gasteiger partial charge < -0.3 is 5.32 Å². The monoisotopic (exact) mass is 476 g/mol. The fraction of sp³-hybridized carbons (Fsp3) is 0.174. The van der Waals surface area contributed by atoms with Gasteiger partial charge in [0.05, 0.1) is 11.4 Å². The molecule has 1 N–H and O–H groups in total. The Morgan fingerprint density at radius 3 is 2.19 bits per heavy atom. The molecule has 0 spiro atoms. The van der Waals surface area contributed by atoms with Crippen LogP contribution in [0.3, 0.4) is 0 Å². The molecule has 0 fully saturated rings. The summed E-state index contributed by atoms with van der Waals surface area (Å²) in [4.78, 5) is 12.9. The molecule has 0 aliphatic heterocycles.